The standard InChI is InChI=1S/C37H34N2O6/c40-34-32-16-14-26(25-9-5-2-6-10-25)20-33(32)35(41)38(34)29-18-27(37(43)44)19-30(21-29)39-36(42)31-15-13-24(17-28(31)22-45-39)12-11-23-7-3-1-4-8-23/h13-21,23,25H,1-10,22H2,(H,43,44). The van der Waals surface area contributed by atoms with E-state index in [1.54, 1.807) is 12.1 Å². The first-order chi connectivity index (χ1) is 21.9. The van der Waals surface area contributed by atoms with Crippen molar-refractivity contribution >= 4 is 35.1 Å². The van der Waals surface area contributed by atoms with Gasteiger partial charge in [-0.05, 0) is 91.3 Å². The molecule has 0 unspecified atom stereocenters. The molecule has 3 aromatic rings. The highest BCUT2D eigenvalue weighted by Gasteiger charge is 2.38. The van der Waals surface area contributed by atoms with Crippen LogP contribution in [0, 0.1) is 17.8 Å². The molecule has 0 atom stereocenters. The summed E-state index contributed by atoms with van der Waals surface area (Å²) in [7, 11) is 0. The second-order valence-corrected chi connectivity index (χ2v) is 12.5. The molecule has 8 nitrogen and oxygen atoms in total. The van der Waals surface area contributed by atoms with Crippen LogP contribution < -0.4 is 9.96 Å². The summed E-state index contributed by atoms with van der Waals surface area (Å²) in [5, 5.41) is 10.9. The predicted molar refractivity (Wildman–Crippen MR) is 168 cm³/mol. The second kappa shape index (κ2) is 12.0. The van der Waals surface area contributed by atoms with Gasteiger partial charge in [-0.3, -0.25) is 19.2 Å². The lowest BCUT2D eigenvalue weighted by atomic mass is 9.83. The number of fused-ring (bicyclic) bond motifs is 2. The molecule has 1 N–H and O–H groups in total. The fourth-order valence-electron chi connectivity index (χ4n) is 7.07. The number of carboxylic acid groups (broad SMARTS) is 1. The number of carbonyl (C=O) groups is 4. The molecule has 0 radical (unpaired) electrons. The van der Waals surface area contributed by atoms with Gasteiger partial charge < -0.3 is 5.11 Å². The van der Waals surface area contributed by atoms with Crippen LogP contribution in [0.3, 0.4) is 0 Å². The fourth-order valence-corrected chi connectivity index (χ4v) is 7.07. The number of carbonyl (C=O) groups excluding carboxylic acids is 3. The third-order valence-electron chi connectivity index (χ3n) is 9.52. The van der Waals surface area contributed by atoms with Crippen LogP contribution in [0.15, 0.2) is 54.6 Å². The van der Waals surface area contributed by atoms with E-state index in [-0.39, 0.29) is 29.1 Å². The highest BCUT2D eigenvalue weighted by atomic mass is 16.7. The molecule has 7 rings (SSSR count). The zero-order valence-electron chi connectivity index (χ0n) is 25.0. The van der Waals surface area contributed by atoms with Gasteiger partial charge in [0.25, 0.3) is 17.7 Å². The minimum atomic E-state index is -1.26. The summed E-state index contributed by atoms with van der Waals surface area (Å²) in [6.07, 6.45) is 11.5. The normalized spacial score (nSPS) is 18.8. The van der Waals surface area contributed by atoms with Crippen LogP contribution in [-0.4, -0.2) is 28.8 Å². The Balaban J connectivity index is 1.17. The fraction of sp³-hybridized carbons (Fsp3) is 0.351. The van der Waals surface area contributed by atoms with Crippen molar-refractivity contribution in [3.8, 4) is 11.8 Å². The summed E-state index contributed by atoms with van der Waals surface area (Å²) in [6, 6.07) is 14.9. The van der Waals surface area contributed by atoms with Gasteiger partial charge >= 0.3 is 5.97 Å². The topological polar surface area (TPSA) is 104 Å². The van der Waals surface area contributed by atoms with Crippen LogP contribution >= 0.6 is 0 Å². The molecule has 2 saturated carbocycles. The van der Waals surface area contributed by atoms with Crippen molar-refractivity contribution in [2.75, 3.05) is 9.96 Å². The number of anilines is 2. The molecule has 2 heterocycles. The molecule has 8 heteroatoms. The third-order valence-corrected chi connectivity index (χ3v) is 9.52. The van der Waals surface area contributed by atoms with Gasteiger partial charge in [0.1, 0.15) is 6.61 Å². The second-order valence-electron chi connectivity index (χ2n) is 12.5. The minimum absolute atomic E-state index is 0.0610. The molecular weight excluding hydrogens is 568 g/mol. The van der Waals surface area contributed by atoms with E-state index in [1.165, 1.54) is 43.9 Å². The lowest BCUT2D eigenvalue weighted by Gasteiger charge is -2.29. The maximum Gasteiger partial charge on any atom is 0.335 e. The van der Waals surface area contributed by atoms with Gasteiger partial charge in [0.2, 0.25) is 0 Å². The number of hydrogen-bond donors (Lipinski definition) is 1. The molecule has 0 saturated heterocycles. The SMILES string of the molecule is O=C(O)c1cc(N2OCc3cc(C#CC4CCCCC4)ccc3C2=O)cc(N2C(=O)c3ccc(C4CCCCC4)cc3C2=O)c1. The largest absolute Gasteiger partial charge is 0.478 e. The van der Waals surface area contributed by atoms with Crippen LogP contribution in [0.1, 0.15) is 128 Å². The van der Waals surface area contributed by atoms with E-state index in [0.29, 0.717) is 28.5 Å². The molecule has 4 aliphatic rings. The minimum Gasteiger partial charge on any atom is -0.478 e. The van der Waals surface area contributed by atoms with Crippen LogP contribution in [0.5, 0.6) is 0 Å². The smallest absolute Gasteiger partial charge is 0.335 e. The summed E-state index contributed by atoms with van der Waals surface area (Å²) < 4.78 is 0. The first-order valence-corrected chi connectivity index (χ1v) is 15.9. The lowest BCUT2D eigenvalue weighted by molar-refractivity contribution is 0.0529. The molecule has 3 aromatic carbocycles. The van der Waals surface area contributed by atoms with Crippen molar-refractivity contribution in [2.45, 2.75) is 76.7 Å². The van der Waals surface area contributed by atoms with E-state index in [1.807, 2.05) is 24.3 Å². The Morgan fingerprint density at radius 1 is 0.733 bits per heavy atom. The maximum absolute atomic E-state index is 13.7. The number of hydrogen-bond acceptors (Lipinski definition) is 5. The number of carboxylic acids is 1. The van der Waals surface area contributed by atoms with E-state index >= 15 is 0 Å². The van der Waals surface area contributed by atoms with Crippen molar-refractivity contribution in [1.82, 2.24) is 0 Å². The summed E-state index contributed by atoms with van der Waals surface area (Å²) >= 11 is 0. The van der Waals surface area contributed by atoms with Gasteiger partial charge in [-0.15, -0.1) is 0 Å². The van der Waals surface area contributed by atoms with Gasteiger partial charge in [0.15, 0.2) is 0 Å². The Morgan fingerprint density at radius 2 is 1.42 bits per heavy atom. The molecule has 3 amide bonds. The van der Waals surface area contributed by atoms with E-state index in [4.69, 9.17) is 4.84 Å². The first-order valence-electron chi connectivity index (χ1n) is 15.9. The number of imide groups is 1. The quantitative estimate of drug-likeness (QED) is 0.249. The zero-order chi connectivity index (χ0) is 31.1. The Bertz CT molecular complexity index is 1790. The molecule has 0 spiro atoms. The number of benzene rings is 3. The summed E-state index contributed by atoms with van der Waals surface area (Å²) in [6.45, 7) is 0.0730. The molecule has 0 aromatic heterocycles. The van der Waals surface area contributed by atoms with Gasteiger partial charge in [0, 0.05) is 17.0 Å². The Kier molecular flexibility index (Phi) is 7.72. The van der Waals surface area contributed by atoms with Gasteiger partial charge in [-0.2, -0.15) is 5.06 Å². The van der Waals surface area contributed by atoms with E-state index in [2.05, 4.69) is 11.8 Å². The van der Waals surface area contributed by atoms with Crippen LogP contribution in [0.25, 0.3) is 0 Å². The number of nitrogens with zero attached hydrogens (tertiary/aromatic N) is 2. The molecule has 228 valence electrons. The van der Waals surface area contributed by atoms with E-state index in [9.17, 15) is 24.3 Å². The van der Waals surface area contributed by atoms with Gasteiger partial charge in [0.05, 0.1) is 28.1 Å². The average Bonchev–Trinajstić information content (AvgIpc) is 3.33. The Hall–Kier alpha value is -4.74. The summed E-state index contributed by atoms with van der Waals surface area (Å²) in [5.41, 5.74) is 3.56. The van der Waals surface area contributed by atoms with Crippen molar-refractivity contribution in [2.24, 2.45) is 5.92 Å². The van der Waals surface area contributed by atoms with Crippen molar-refractivity contribution in [3.63, 3.8) is 0 Å². The Morgan fingerprint density at radius 3 is 2.18 bits per heavy atom. The highest BCUT2D eigenvalue weighted by molar-refractivity contribution is 6.34. The van der Waals surface area contributed by atoms with Crippen molar-refractivity contribution in [1.29, 1.82) is 0 Å². The number of rotatable bonds is 4. The van der Waals surface area contributed by atoms with Crippen LogP contribution in [0.4, 0.5) is 11.4 Å². The maximum atomic E-state index is 13.7. The molecular formula is C37H34N2O6. The highest BCUT2D eigenvalue weighted by Crippen LogP contribution is 2.38. The van der Waals surface area contributed by atoms with E-state index in [0.717, 1.165) is 59.6 Å². The number of aromatic carboxylic acids is 1. The monoisotopic (exact) mass is 602 g/mol. The molecule has 2 aliphatic carbocycles. The van der Waals surface area contributed by atoms with Crippen molar-refractivity contribution in [3.05, 3.63) is 93.5 Å². The van der Waals surface area contributed by atoms with Gasteiger partial charge in [-0.1, -0.05) is 56.4 Å². The molecule has 45 heavy (non-hydrogen) atoms. The zero-order valence-corrected chi connectivity index (χ0v) is 25.0. The lowest BCUT2D eigenvalue weighted by Crippen LogP contribution is -2.36. The van der Waals surface area contributed by atoms with Crippen molar-refractivity contribution < 1.29 is 29.1 Å². The third kappa shape index (κ3) is 5.53. The molecule has 2 aliphatic heterocycles. The molecule has 0 bridgehead atoms. The first kappa shape index (κ1) is 29.0. The summed E-state index contributed by atoms with van der Waals surface area (Å²) in [5.74, 6) is 4.60. The number of hydroxylamine groups is 1. The van der Waals surface area contributed by atoms with Crippen LogP contribution in [-0.2, 0) is 11.4 Å². The van der Waals surface area contributed by atoms with E-state index < -0.39 is 23.7 Å². The number of amides is 3. The average molecular weight is 603 g/mol. The van der Waals surface area contributed by atoms with Crippen LogP contribution in [0.2, 0.25) is 0 Å². The molecule has 2 fully saturated rings. The Labute approximate surface area is 261 Å². The predicted octanol–water partition coefficient (Wildman–Crippen LogP) is 7.26. The summed E-state index contributed by atoms with van der Waals surface area (Å²) in [4.78, 5) is 59.8. The van der Waals surface area contributed by atoms with Gasteiger partial charge in [-0.25, -0.2) is 9.69 Å².